The Morgan fingerprint density at radius 3 is 0.523 bits per heavy atom. The molecule has 13 amide bonds. The minimum atomic E-state index is -2.00. The van der Waals surface area contributed by atoms with E-state index in [1.165, 1.54) is 0 Å². The highest BCUT2D eigenvalue weighted by Crippen LogP contribution is 2.10. The molecular weight excluding hydrogens is 1450 g/mol. The SMILES string of the molecule is N[C@@H](CCC(=O)O)C(=O)N[C@@H](CCC(=O)O)C(=O)NCC(=O)N[C@@H](CCC(=O)O)C(=O)N[C@@H](CCC(=O)O)C(=O)NCC(=O)N[C@@H](CCC(=O)O)C(=O)N[C@@H](CCC(=O)O)C(=O)NCC(=O)N[C@@H](CCC(=O)O)C(=O)N[C@@H](CCC(=O)O)C(=O)NCC(=O)N[C@@H](CCC(=O)O)C(=O)N[C@@H](CCC(=O)O)C(=O)O. The highest BCUT2D eigenvalue weighted by molar-refractivity contribution is 5.99. The van der Waals surface area contributed by atoms with Crippen molar-refractivity contribution >= 4 is 142 Å². The fourth-order valence-corrected chi connectivity index (χ4v) is 8.74. The number of amides is 13. The summed E-state index contributed by atoms with van der Waals surface area (Å²) in [7, 11) is 0. The lowest BCUT2D eigenvalue weighted by atomic mass is 10.1. The molecule has 0 saturated carbocycles. The summed E-state index contributed by atoms with van der Waals surface area (Å²) in [5.41, 5.74) is 5.66. The number of aliphatic carboxylic acids is 11. The first-order valence-corrected chi connectivity index (χ1v) is 31.9. The molecule has 0 rings (SSSR count). The first-order valence-electron chi connectivity index (χ1n) is 31.9. The maximum Gasteiger partial charge on any atom is 0.326 e. The molecule has 0 aliphatic rings. The summed E-state index contributed by atoms with van der Waals surface area (Å²) in [6, 6.07) is -18.6. The first-order chi connectivity index (χ1) is 49.9. The van der Waals surface area contributed by atoms with Crippen LogP contribution in [0.3, 0.4) is 0 Å². The summed E-state index contributed by atoms with van der Waals surface area (Å²) in [5.74, 6) is -34.0. The second kappa shape index (κ2) is 49.8. The van der Waals surface area contributed by atoms with Crippen LogP contribution < -0.4 is 74.9 Å². The Labute approximate surface area is 602 Å². The van der Waals surface area contributed by atoms with E-state index >= 15 is 0 Å². The smallest absolute Gasteiger partial charge is 0.326 e. The lowest BCUT2D eigenvalue weighted by molar-refractivity contribution is -0.144. The number of carboxylic acids is 11. The Bertz CT molecular complexity index is 3310. The molecule has 0 spiro atoms. The second-order valence-electron chi connectivity index (χ2n) is 22.9. The number of nitrogens with one attached hydrogen (secondary N) is 13. The summed E-state index contributed by atoms with van der Waals surface area (Å²) in [4.78, 5) is 298. The molecule has 0 unspecified atom stereocenters. The molecule has 0 saturated heterocycles. The van der Waals surface area contributed by atoms with E-state index in [1.54, 1.807) is 0 Å². The van der Waals surface area contributed by atoms with Gasteiger partial charge < -0.3 is 131 Å². The van der Waals surface area contributed by atoms with Crippen LogP contribution in [0.4, 0.5) is 0 Å². The zero-order chi connectivity index (χ0) is 81.8. The van der Waals surface area contributed by atoms with Gasteiger partial charge in [-0.3, -0.25) is 110 Å². The van der Waals surface area contributed by atoms with Gasteiger partial charge in [-0.1, -0.05) is 0 Å². The van der Waals surface area contributed by atoms with Gasteiger partial charge in [0.1, 0.15) is 54.4 Å². The number of rotatable bonds is 57. The molecule has 0 aliphatic heterocycles. The minimum absolute atomic E-state index is 0.406. The number of hydrogen-bond acceptors (Lipinski definition) is 25. The Kier molecular flexibility index (Phi) is 43.8. The van der Waals surface area contributed by atoms with Gasteiger partial charge in [0.25, 0.3) is 0 Å². The van der Waals surface area contributed by atoms with Crippen molar-refractivity contribution in [2.24, 2.45) is 5.73 Å². The van der Waals surface area contributed by atoms with Crippen molar-refractivity contribution < 1.29 is 171 Å². The average Bonchev–Trinajstić information content (AvgIpc) is 0.891. The number of carbonyl (C=O) groups excluding carboxylic acids is 13. The summed E-state index contributed by atoms with van der Waals surface area (Å²) in [6.45, 7) is -4.58. The lowest BCUT2D eigenvalue weighted by Gasteiger charge is -2.24. The lowest BCUT2D eigenvalue weighted by Crippen LogP contribution is -2.57. The van der Waals surface area contributed by atoms with E-state index in [0.29, 0.717) is 0 Å². The number of carbonyl (C=O) groups is 24. The van der Waals surface area contributed by atoms with Crippen molar-refractivity contribution in [3.05, 3.63) is 0 Å². The van der Waals surface area contributed by atoms with Crippen LogP contribution >= 0.6 is 0 Å². The standard InChI is InChI=1S/C58H84N14O35/c59-25(1-11-39(77)78)49(97)68-26(2-12-40(79)80)50(98)60-21-35(73)64-30(6-16-44(87)88)54(102)69-27(3-13-41(81)82)51(99)61-22-36(74)65-31(7-17-45(89)90)55(103)70-28(4-14-42(83)84)52(100)62-23-37(75)66-32(8-18-46(91)92)56(104)71-29(5-15-43(85)86)53(101)63-24-38(76)67-33(9-19-47(93)94)57(105)72-34(58(106)107)10-20-48(95)96/h25-34H,1-24,59H2,(H,60,98)(H,61,99)(H,62,100)(H,63,101)(H,64,73)(H,65,74)(H,66,75)(H,67,76)(H,68,97)(H,69,102)(H,70,103)(H,71,104)(H,72,105)(H,77,78)(H,79,80)(H,81,82)(H,83,84)(H,85,86)(H,87,88)(H,89,90)(H,91,92)(H,93,94)(H,95,96)(H,106,107)/t25-,26-,27-,28-,29-,30-,31-,32-,33-,34-/m0/s1. The van der Waals surface area contributed by atoms with E-state index in [4.69, 9.17) is 26.2 Å². The molecule has 0 aromatic heterocycles. The number of carboxylic acid groups (broad SMARTS) is 11. The van der Waals surface area contributed by atoms with Gasteiger partial charge in [0.2, 0.25) is 76.8 Å². The van der Waals surface area contributed by atoms with Gasteiger partial charge in [0.05, 0.1) is 32.2 Å². The Hall–Kier alpha value is -12.8. The monoisotopic (exact) mass is 1540 g/mol. The molecule has 107 heavy (non-hydrogen) atoms. The van der Waals surface area contributed by atoms with Crippen LogP contribution in [0.2, 0.25) is 0 Å². The van der Waals surface area contributed by atoms with Crippen molar-refractivity contribution in [3.63, 3.8) is 0 Å². The Morgan fingerprint density at radius 2 is 0.346 bits per heavy atom. The molecule has 0 fully saturated rings. The van der Waals surface area contributed by atoms with Crippen LogP contribution in [0, 0.1) is 0 Å². The zero-order valence-electron chi connectivity index (χ0n) is 56.5. The third kappa shape index (κ3) is 43.7. The Balaban J connectivity index is 6.52. The van der Waals surface area contributed by atoms with E-state index in [0.717, 1.165) is 0 Å². The van der Waals surface area contributed by atoms with Crippen LogP contribution in [0.15, 0.2) is 0 Å². The summed E-state index contributed by atoms with van der Waals surface area (Å²) >= 11 is 0. The van der Waals surface area contributed by atoms with Gasteiger partial charge in [-0.05, 0) is 64.2 Å². The molecule has 0 aliphatic carbocycles. The van der Waals surface area contributed by atoms with Crippen molar-refractivity contribution in [1.82, 2.24) is 69.1 Å². The molecule has 0 heterocycles. The molecule has 49 heteroatoms. The largest absolute Gasteiger partial charge is 0.481 e. The topological polar surface area (TPSA) is 815 Å². The van der Waals surface area contributed by atoms with Gasteiger partial charge in [0.15, 0.2) is 0 Å². The highest BCUT2D eigenvalue weighted by atomic mass is 16.4. The molecule has 0 aromatic carbocycles. The van der Waals surface area contributed by atoms with Crippen molar-refractivity contribution in [2.75, 3.05) is 26.2 Å². The normalized spacial score (nSPS) is 13.4. The van der Waals surface area contributed by atoms with Gasteiger partial charge in [-0.15, -0.1) is 0 Å². The van der Waals surface area contributed by atoms with E-state index in [1.807, 2.05) is 42.5 Å². The van der Waals surface area contributed by atoms with Crippen molar-refractivity contribution in [3.8, 4) is 0 Å². The minimum Gasteiger partial charge on any atom is -0.481 e. The fourth-order valence-electron chi connectivity index (χ4n) is 8.74. The molecule has 596 valence electrons. The van der Waals surface area contributed by atoms with E-state index in [9.17, 15) is 151 Å². The van der Waals surface area contributed by atoms with Crippen LogP contribution in [-0.2, 0) is 115 Å². The summed E-state index contributed by atoms with van der Waals surface area (Å²) < 4.78 is 0. The van der Waals surface area contributed by atoms with Crippen LogP contribution in [0.5, 0.6) is 0 Å². The van der Waals surface area contributed by atoms with Gasteiger partial charge >= 0.3 is 65.7 Å². The van der Waals surface area contributed by atoms with Crippen molar-refractivity contribution in [2.45, 2.75) is 189 Å². The quantitative estimate of drug-likeness (QED) is 0.0269. The van der Waals surface area contributed by atoms with Crippen LogP contribution in [0.1, 0.15) is 128 Å². The molecule has 0 radical (unpaired) electrons. The third-order valence-electron chi connectivity index (χ3n) is 14.3. The van der Waals surface area contributed by atoms with Gasteiger partial charge in [0, 0.05) is 64.2 Å². The van der Waals surface area contributed by atoms with Crippen molar-refractivity contribution in [1.29, 1.82) is 0 Å². The van der Waals surface area contributed by atoms with Crippen LogP contribution in [-0.4, -0.2) is 285 Å². The van der Waals surface area contributed by atoms with E-state index in [2.05, 4.69) is 26.6 Å². The molecule has 0 bridgehead atoms. The predicted octanol–water partition coefficient (Wildman–Crippen LogP) is -10.1. The summed E-state index contributed by atoms with van der Waals surface area (Å²) in [6.07, 6.45) is -15.4. The molecule has 10 atom stereocenters. The average molecular weight is 1540 g/mol. The molecule has 49 nitrogen and oxygen atoms in total. The van der Waals surface area contributed by atoms with E-state index in [-0.39, 0.29) is 0 Å². The Morgan fingerprint density at radius 1 is 0.196 bits per heavy atom. The second-order valence-corrected chi connectivity index (χ2v) is 22.9. The van der Waals surface area contributed by atoms with E-state index < -0.39 is 357 Å². The molecular formula is C58H84N14O35. The third-order valence-corrected chi connectivity index (χ3v) is 14.3. The first kappa shape index (κ1) is 94.2. The highest BCUT2D eigenvalue weighted by Gasteiger charge is 2.35. The summed E-state index contributed by atoms with van der Waals surface area (Å²) in [5, 5.41) is 128. The van der Waals surface area contributed by atoms with Crippen LogP contribution in [0.25, 0.3) is 0 Å². The number of hydrogen-bond donors (Lipinski definition) is 25. The fraction of sp³-hybridized carbons (Fsp3) is 0.586. The predicted molar refractivity (Wildman–Crippen MR) is 344 cm³/mol. The maximum atomic E-state index is 13.7. The van der Waals surface area contributed by atoms with Gasteiger partial charge in [-0.2, -0.15) is 0 Å². The molecule has 26 N–H and O–H groups in total. The molecule has 0 aromatic rings. The zero-order valence-corrected chi connectivity index (χ0v) is 56.5. The van der Waals surface area contributed by atoms with Gasteiger partial charge in [-0.25, -0.2) is 4.79 Å². The number of nitrogens with two attached hydrogens (primary N) is 1. The maximum absolute atomic E-state index is 13.7.